The first-order valence-electron chi connectivity index (χ1n) is 6.24. The van der Waals surface area contributed by atoms with Gasteiger partial charge in [-0.05, 0) is 25.8 Å². The lowest BCUT2D eigenvalue weighted by molar-refractivity contribution is 0.603. The van der Waals surface area contributed by atoms with Crippen LogP contribution in [0, 0.1) is 0 Å². The maximum atomic E-state index is 5.94. The molecule has 4 heteroatoms. The summed E-state index contributed by atoms with van der Waals surface area (Å²) < 4.78 is 5.94. The number of benzene rings is 1. The van der Waals surface area contributed by atoms with Crippen molar-refractivity contribution in [2.24, 2.45) is 9.98 Å². The van der Waals surface area contributed by atoms with Gasteiger partial charge in [0.25, 0.3) is 0 Å². The molecule has 100 valence electrons. The fourth-order valence-corrected chi connectivity index (χ4v) is 2.49. The molecule has 1 aliphatic carbocycles. The zero-order valence-corrected chi connectivity index (χ0v) is 11.8. The highest BCUT2D eigenvalue weighted by molar-refractivity contribution is 6.23. The molecule has 0 fully saturated rings. The van der Waals surface area contributed by atoms with Gasteiger partial charge in [0.1, 0.15) is 17.3 Å². The SMILES string of the molecule is C=N/C(C)=C1/C=Cc2c(oc3ccccc23)/C1=N/CCl. The highest BCUT2D eigenvalue weighted by atomic mass is 35.5. The second-order valence-corrected chi connectivity index (χ2v) is 4.70. The molecule has 0 saturated heterocycles. The number of fused-ring (bicyclic) bond motifs is 3. The number of allylic oxidation sites excluding steroid dienone is 3. The maximum absolute atomic E-state index is 5.94. The van der Waals surface area contributed by atoms with Crippen molar-refractivity contribution in [1.82, 2.24) is 0 Å². The van der Waals surface area contributed by atoms with E-state index in [0.717, 1.165) is 39.3 Å². The Morgan fingerprint density at radius 1 is 1.30 bits per heavy atom. The number of nitrogens with zero attached hydrogens (tertiary/aromatic N) is 2. The molecule has 2 aromatic rings. The molecule has 0 amide bonds. The van der Waals surface area contributed by atoms with E-state index in [1.807, 2.05) is 43.3 Å². The zero-order valence-electron chi connectivity index (χ0n) is 11.1. The molecule has 1 aromatic carbocycles. The molecule has 1 aromatic heterocycles. The van der Waals surface area contributed by atoms with Gasteiger partial charge in [-0.15, -0.1) is 11.6 Å². The second-order valence-electron chi connectivity index (χ2n) is 4.46. The lowest BCUT2D eigenvalue weighted by Crippen LogP contribution is -2.09. The van der Waals surface area contributed by atoms with Crippen LogP contribution in [0.5, 0.6) is 0 Å². The fourth-order valence-electron chi connectivity index (χ4n) is 2.37. The van der Waals surface area contributed by atoms with Crippen molar-refractivity contribution < 1.29 is 4.42 Å². The van der Waals surface area contributed by atoms with Gasteiger partial charge in [-0.2, -0.15) is 0 Å². The Labute approximate surface area is 122 Å². The number of para-hydroxylation sites is 1. The predicted octanol–water partition coefficient (Wildman–Crippen LogP) is 4.42. The van der Waals surface area contributed by atoms with Crippen LogP contribution in [0.15, 0.2) is 56.0 Å². The summed E-state index contributed by atoms with van der Waals surface area (Å²) in [7, 11) is 0. The number of rotatable bonds is 2. The van der Waals surface area contributed by atoms with Gasteiger partial charge in [-0.25, -0.2) is 0 Å². The third-order valence-electron chi connectivity index (χ3n) is 3.37. The van der Waals surface area contributed by atoms with Crippen molar-refractivity contribution in [3.63, 3.8) is 0 Å². The molecule has 0 unspecified atom stereocenters. The smallest absolute Gasteiger partial charge is 0.161 e. The van der Waals surface area contributed by atoms with E-state index in [9.17, 15) is 0 Å². The van der Waals surface area contributed by atoms with Crippen LogP contribution in [0.3, 0.4) is 0 Å². The highest BCUT2D eigenvalue weighted by Crippen LogP contribution is 2.33. The topological polar surface area (TPSA) is 37.9 Å². The Hall–Kier alpha value is -2.13. The van der Waals surface area contributed by atoms with E-state index in [1.54, 1.807) is 0 Å². The van der Waals surface area contributed by atoms with E-state index < -0.39 is 0 Å². The van der Waals surface area contributed by atoms with E-state index in [4.69, 9.17) is 16.0 Å². The Kier molecular flexibility index (Phi) is 3.28. The van der Waals surface area contributed by atoms with Crippen molar-refractivity contribution in [3.05, 3.63) is 52.9 Å². The summed E-state index contributed by atoms with van der Waals surface area (Å²) >= 11 is 5.79. The Bertz CT molecular complexity index is 781. The van der Waals surface area contributed by atoms with Crippen LogP contribution in [0.2, 0.25) is 0 Å². The summed E-state index contributed by atoms with van der Waals surface area (Å²) in [4.78, 5) is 8.35. The molecule has 1 heterocycles. The van der Waals surface area contributed by atoms with Gasteiger partial charge in [0.05, 0.1) is 0 Å². The van der Waals surface area contributed by atoms with Gasteiger partial charge in [0, 0.05) is 22.2 Å². The summed E-state index contributed by atoms with van der Waals surface area (Å²) in [6.45, 7) is 5.46. The quantitative estimate of drug-likeness (QED) is 0.457. The van der Waals surface area contributed by atoms with Crippen molar-refractivity contribution in [2.45, 2.75) is 6.92 Å². The molecule has 3 rings (SSSR count). The van der Waals surface area contributed by atoms with Gasteiger partial charge < -0.3 is 4.42 Å². The average Bonchev–Trinajstić information content (AvgIpc) is 2.86. The van der Waals surface area contributed by atoms with Gasteiger partial charge in [0.15, 0.2) is 5.76 Å². The molecular weight excluding hydrogens is 272 g/mol. The monoisotopic (exact) mass is 284 g/mol. The first-order chi connectivity index (χ1) is 9.76. The Balaban J connectivity index is 2.32. The minimum Gasteiger partial charge on any atom is -0.454 e. The number of hydrogen-bond acceptors (Lipinski definition) is 3. The lowest BCUT2D eigenvalue weighted by Gasteiger charge is -2.12. The molecule has 1 aliphatic rings. The van der Waals surface area contributed by atoms with Crippen LogP contribution >= 0.6 is 11.6 Å². The third-order valence-corrected chi connectivity index (χ3v) is 3.49. The zero-order chi connectivity index (χ0) is 14.1. The molecule has 20 heavy (non-hydrogen) atoms. The predicted molar refractivity (Wildman–Crippen MR) is 84.8 cm³/mol. The minimum absolute atomic E-state index is 0.174. The minimum atomic E-state index is 0.174. The van der Waals surface area contributed by atoms with E-state index in [0.29, 0.717) is 0 Å². The molecule has 0 radical (unpaired) electrons. The maximum Gasteiger partial charge on any atom is 0.161 e. The fraction of sp³-hybridized carbons (Fsp3) is 0.125. The van der Waals surface area contributed by atoms with Gasteiger partial charge in [-0.1, -0.05) is 24.3 Å². The number of hydrogen-bond donors (Lipinski definition) is 0. The molecule has 0 atom stereocenters. The van der Waals surface area contributed by atoms with Crippen molar-refractivity contribution >= 4 is 41.1 Å². The van der Waals surface area contributed by atoms with Crippen LogP contribution < -0.4 is 0 Å². The Morgan fingerprint density at radius 3 is 2.85 bits per heavy atom. The average molecular weight is 285 g/mol. The van der Waals surface area contributed by atoms with Crippen LogP contribution in [-0.2, 0) is 0 Å². The highest BCUT2D eigenvalue weighted by Gasteiger charge is 2.23. The van der Waals surface area contributed by atoms with Gasteiger partial charge in [-0.3, -0.25) is 9.98 Å². The largest absolute Gasteiger partial charge is 0.454 e. The van der Waals surface area contributed by atoms with Crippen molar-refractivity contribution in [1.29, 1.82) is 0 Å². The first kappa shape index (κ1) is 12.9. The Morgan fingerprint density at radius 2 is 2.10 bits per heavy atom. The molecule has 0 saturated carbocycles. The first-order valence-corrected chi connectivity index (χ1v) is 6.78. The lowest BCUT2D eigenvalue weighted by atomic mass is 9.95. The van der Waals surface area contributed by atoms with Crippen LogP contribution in [0.4, 0.5) is 0 Å². The summed E-state index contributed by atoms with van der Waals surface area (Å²) in [5.41, 5.74) is 4.31. The number of aliphatic imine (C=N–C) groups is 2. The van der Waals surface area contributed by atoms with E-state index in [2.05, 4.69) is 16.7 Å². The summed E-state index contributed by atoms with van der Waals surface area (Å²) in [6, 6.07) is 8.10. The standard InChI is InChI=1S/C16H13ClN2O/c1-10(18-2)11-7-8-13-12-5-3-4-6-14(12)20-16(13)15(11)19-9-17/h3-8H,2,9H2,1H3/b11-10-,19-15+. The van der Waals surface area contributed by atoms with E-state index >= 15 is 0 Å². The van der Waals surface area contributed by atoms with Crippen molar-refractivity contribution in [2.75, 3.05) is 6.00 Å². The number of furan rings is 1. The van der Waals surface area contributed by atoms with Gasteiger partial charge >= 0.3 is 0 Å². The number of alkyl halides is 1. The molecule has 0 spiro atoms. The van der Waals surface area contributed by atoms with Crippen molar-refractivity contribution in [3.8, 4) is 0 Å². The molecule has 3 nitrogen and oxygen atoms in total. The van der Waals surface area contributed by atoms with Gasteiger partial charge in [0.2, 0.25) is 0 Å². The van der Waals surface area contributed by atoms with Crippen LogP contribution in [-0.4, -0.2) is 18.4 Å². The van der Waals surface area contributed by atoms with E-state index in [1.165, 1.54) is 0 Å². The van der Waals surface area contributed by atoms with E-state index in [-0.39, 0.29) is 6.00 Å². The molecule has 0 N–H and O–H groups in total. The molecule has 0 bridgehead atoms. The molecular formula is C16H13ClN2O. The summed E-state index contributed by atoms with van der Waals surface area (Å²) in [6.07, 6.45) is 4.01. The molecule has 0 aliphatic heterocycles. The summed E-state index contributed by atoms with van der Waals surface area (Å²) in [5, 5.41) is 1.07. The normalized spacial score (nSPS) is 18.4. The van der Waals surface area contributed by atoms with Crippen LogP contribution in [0.25, 0.3) is 17.0 Å². The second kappa shape index (κ2) is 5.10. The number of halogens is 1. The van der Waals surface area contributed by atoms with Crippen LogP contribution in [0.1, 0.15) is 18.2 Å². The summed E-state index contributed by atoms with van der Waals surface area (Å²) in [5.74, 6) is 0.743. The third kappa shape index (κ3) is 1.91.